The molecule has 66 valence electrons. The molecule has 1 saturated heterocycles. The minimum atomic E-state index is 0.607. The molecule has 2 heterocycles. The van der Waals surface area contributed by atoms with Gasteiger partial charge >= 0.3 is 0 Å². The third-order valence-electron chi connectivity index (χ3n) is 2.18. The SMILES string of the molecule is Nc1cc(CC2CCSC2)[nH]n1. The molecule has 0 bridgehead atoms. The number of aromatic amines is 1. The van der Waals surface area contributed by atoms with Crippen molar-refractivity contribution < 1.29 is 0 Å². The van der Waals surface area contributed by atoms with E-state index in [1.54, 1.807) is 0 Å². The first kappa shape index (κ1) is 7.98. The third-order valence-corrected chi connectivity index (χ3v) is 3.41. The Morgan fingerprint density at radius 1 is 1.75 bits per heavy atom. The topological polar surface area (TPSA) is 54.7 Å². The predicted octanol–water partition coefficient (Wildman–Crippen LogP) is 1.29. The van der Waals surface area contributed by atoms with E-state index in [9.17, 15) is 0 Å². The van der Waals surface area contributed by atoms with Crippen LogP contribution in [0.15, 0.2) is 6.07 Å². The van der Waals surface area contributed by atoms with Crippen LogP contribution in [0.1, 0.15) is 12.1 Å². The van der Waals surface area contributed by atoms with Crippen LogP contribution in [0.25, 0.3) is 0 Å². The van der Waals surface area contributed by atoms with Crippen LogP contribution in [0.3, 0.4) is 0 Å². The van der Waals surface area contributed by atoms with Crippen LogP contribution in [0.5, 0.6) is 0 Å². The zero-order chi connectivity index (χ0) is 8.39. The normalized spacial score (nSPS) is 23.2. The molecule has 1 aromatic heterocycles. The number of nitrogens with two attached hydrogens (primary N) is 1. The molecule has 4 heteroatoms. The Balaban J connectivity index is 1.94. The molecule has 1 atom stereocenters. The summed E-state index contributed by atoms with van der Waals surface area (Å²) in [5.41, 5.74) is 6.69. The summed E-state index contributed by atoms with van der Waals surface area (Å²) < 4.78 is 0. The Labute approximate surface area is 76.1 Å². The van der Waals surface area contributed by atoms with E-state index in [4.69, 9.17) is 5.73 Å². The van der Waals surface area contributed by atoms with Crippen LogP contribution in [0.4, 0.5) is 5.82 Å². The Kier molecular flexibility index (Phi) is 2.26. The molecule has 0 aromatic carbocycles. The van der Waals surface area contributed by atoms with Gasteiger partial charge in [-0.15, -0.1) is 0 Å². The minimum absolute atomic E-state index is 0.607. The number of nitrogens with one attached hydrogen (secondary N) is 1. The highest BCUT2D eigenvalue weighted by Gasteiger charge is 2.16. The molecule has 12 heavy (non-hydrogen) atoms. The lowest BCUT2D eigenvalue weighted by Crippen LogP contribution is -2.02. The van der Waals surface area contributed by atoms with Crippen molar-refractivity contribution in [2.75, 3.05) is 17.2 Å². The van der Waals surface area contributed by atoms with E-state index in [-0.39, 0.29) is 0 Å². The fourth-order valence-corrected chi connectivity index (χ4v) is 2.82. The quantitative estimate of drug-likeness (QED) is 0.726. The lowest BCUT2D eigenvalue weighted by atomic mass is 10.0. The van der Waals surface area contributed by atoms with Gasteiger partial charge in [0, 0.05) is 11.8 Å². The van der Waals surface area contributed by atoms with Gasteiger partial charge in [-0.2, -0.15) is 16.9 Å². The number of aromatic nitrogens is 2. The molecule has 0 spiro atoms. The fraction of sp³-hybridized carbons (Fsp3) is 0.625. The Bertz CT molecular complexity index is 253. The molecule has 2 rings (SSSR count). The van der Waals surface area contributed by atoms with Crippen LogP contribution in [-0.4, -0.2) is 21.7 Å². The molecular weight excluding hydrogens is 170 g/mol. The smallest absolute Gasteiger partial charge is 0.145 e. The van der Waals surface area contributed by atoms with Crippen molar-refractivity contribution in [1.29, 1.82) is 0 Å². The fourth-order valence-electron chi connectivity index (χ4n) is 1.54. The lowest BCUT2D eigenvalue weighted by Gasteiger charge is -2.03. The van der Waals surface area contributed by atoms with E-state index >= 15 is 0 Å². The number of anilines is 1. The molecule has 1 aromatic rings. The molecule has 1 aliphatic heterocycles. The monoisotopic (exact) mass is 183 g/mol. The highest BCUT2D eigenvalue weighted by Crippen LogP contribution is 2.26. The van der Waals surface area contributed by atoms with Crippen LogP contribution < -0.4 is 5.73 Å². The first-order valence-corrected chi connectivity index (χ1v) is 5.37. The highest BCUT2D eigenvalue weighted by molar-refractivity contribution is 7.99. The van der Waals surface area contributed by atoms with Gasteiger partial charge in [-0.1, -0.05) is 0 Å². The largest absolute Gasteiger partial charge is 0.382 e. The van der Waals surface area contributed by atoms with E-state index in [1.807, 2.05) is 17.8 Å². The zero-order valence-corrected chi connectivity index (χ0v) is 7.73. The average molecular weight is 183 g/mol. The van der Waals surface area contributed by atoms with E-state index in [1.165, 1.54) is 23.6 Å². The molecule has 1 fully saturated rings. The van der Waals surface area contributed by atoms with Crippen molar-refractivity contribution in [3.63, 3.8) is 0 Å². The molecular formula is C8H13N3S. The Hall–Kier alpha value is -0.640. The number of thioether (sulfide) groups is 1. The second kappa shape index (κ2) is 3.39. The first-order valence-electron chi connectivity index (χ1n) is 4.22. The summed E-state index contributed by atoms with van der Waals surface area (Å²) in [5, 5.41) is 6.85. The van der Waals surface area contributed by atoms with Crippen LogP contribution in [0.2, 0.25) is 0 Å². The van der Waals surface area contributed by atoms with Gasteiger partial charge in [-0.3, -0.25) is 5.10 Å². The number of nitrogen functional groups attached to an aromatic ring is 1. The van der Waals surface area contributed by atoms with Crippen molar-refractivity contribution in [1.82, 2.24) is 10.2 Å². The van der Waals surface area contributed by atoms with E-state index in [0.717, 1.165) is 12.3 Å². The average Bonchev–Trinajstić information content (AvgIpc) is 2.63. The van der Waals surface area contributed by atoms with Crippen molar-refractivity contribution >= 4 is 17.6 Å². The van der Waals surface area contributed by atoms with E-state index in [2.05, 4.69) is 10.2 Å². The molecule has 0 saturated carbocycles. The van der Waals surface area contributed by atoms with E-state index < -0.39 is 0 Å². The van der Waals surface area contributed by atoms with Gasteiger partial charge in [0.2, 0.25) is 0 Å². The van der Waals surface area contributed by atoms with Gasteiger partial charge < -0.3 is 5.73 Å². The maximum absolute atomic E-state index is 5.51. The van der Waals surface area contributed by atoms with Crippen LogP contribution >= 0.6 is 11.8 Å². The molecule has 3 nitrogen and oxygen atoms in total. The van der Waals surface area contributed by atoms with Crippen LogP contribution in [0, 0.1) is 5.92 Å². The van der Waals surface area contributed by atoms with Crippen LogP contribution in [-0.2, 0) is 6.42 Å². The summed E-state index contributed by atoms with van der Waals surface area (Å²) >= 11 is 2.04. The minimum Gasteiger partial charge on any atom is -0.382 e. The molecule has 1 unspecified atom stereocenters. The van der Waals surface area contributed by atoms with Gasteiger partial charge in [0.05, 0.1) is 0 Å². The zero-order valence-electron chi connectivity index (χ0n) is 6.92. The van der Waals surface area contributed by atoms with Gasteiger partial charge in [0.15, 0.2) is 0 Å². The van der Waals surface area contributed by atoms with Crippen molar-refractivity contribution in [3.8, 4) is 0 Å². The molecule has 0 amide bonds. The number of hydrogen-bond acceptors (Lipinski definition) is 3. The third kappa shape index (κ3) is 1.75. The molecule has 0 aliphatic carbocycles. The summed E-state index contributed by atoms with van der Waals surface area (Å²) in [6.07, 6.45) is 2.45. The summed E-state index contributed by atoms with van der Waals surface area (Å²) in [5.74, 6) is 4.04. The lowest BCUT2D eigenvalue weighted by molar-refractivity contribution is 0.586. The number of hydrogen-bond donors (Lipinski definition) is 2. The van der Waals surface area contributed by atoms with Gasteiger partial charge in [0.25, 0.3) is 0 Å². The standard InChI is InChI=1S/C8H13N3S/c9-8-4-7(10-11-8)3-6-1-2-12-5-6/h4,6H,1-3,5H2,(H3,9,10,11). The van der Waals surface area contributed by atoms with Gasteiger partial charge in [0.1, 0.15) is 5.82 Å². The second-order valence-corrected chi connectivity index (χ2v) is 4.40. The van der Waals surface area contributed by atoms with Crippen molar-refractivity contribution in [3.05, 3.63) is 11.8 Å². The maximum atomic E-state index is 5.51. The number of rotatable bonds is 2. The van der Waals surface area contributed by atoms with Gasteiger partial charge in [-0.05, 0) is 30.3 Å². The molecule has 3 N–H and O–H groups in total. The maximum Gasteiger partial charge on any atom is 0.145 e. The second-order valence-electron chi connectivity index (χ2n) is 3.25. The number of H-pyrrole nitrogens is 1. The molecule has 0 radical (unpaired) electrons. The summed E-state index contributed by atoms with van der Waals surface area (Å²) in [6.45, 7) is 0. The van der Waals surface area contributed by atoms with E-state index in [0.29, 0.717) is 5.82 Å². The highest BCUT2D eigenvalue weighted by atomic mass is 32.2. The summed E-state index contributed by atoms with van der Waals surface area (Å²) in [7, 11) is 0. The Morgan fingerprint density at radius 2 is 2.67 bits per heavy atom. The predicted molar refractivity (Wildman–Crippen MR) is 52.1 cm³/mol. The Morgan fingerprint density at radius 3 is 3.25 bits per heavy atom. The first-order chi connectivity index (χ1) is 5.84. The van der Waals surface area contributed by atoms with Crippen molar-refractivity contribution in [2.45, 2.75) is 12.8 Å². The summed E-state index contributed by atoms with van der Waals surface area (Å²) in [4.78, 5) is 0. The van der Waals surface area contributed by atoms with Crippen molar-refractivity contribution in [2.24, 2.45) is 5.92 Å². The molecule has 1 aliphatic rings. The number of nitrogens with zero attached hydrogens (tertiary/aromatic N) is 1. The van der Waals surface area contributed by atoms with Gasteiger partial charge in [-0.25, -0.2) is 0 Å². The summed E-state index contributed by atoms with van der Waals surface area (Å²) in [6, 6.07) is 1.93.